The first-order valence-corrected chi connectivity index (χ1v) is 9.85. The minimum absolute atomic E-state index is 0.000365. The topological polar surface area (TPSA) is 57.2 Å². The van der Waals surface area contributed by atoms with Crippen LogP contribution >= 0.6 is 11.3 Å². The first kappa shape index (κ1) is 19.2. The summed E-state index contributed by atoms with van der Waals surface area (Å²) >= 11 is 1.49. The van der Waals surface area contributed by atoms with Gasteiger partial charge in [-0.3, -0.25) is 0 Å². The third-order valence-electron chi connectivity index (χ3n) is 4.47. The lowest BCUT2D eigenvalue weighted by Gasteiger charge is -2.33. The summed E-state index contributed by atoms with van der Waals surface area (Å²) in [5, 5.41) is 10.8. The molecule has 0 radical (unpaired) electrons. The van der Waals surface area contributed by atoms with Crippen LogP contribution in [0.3, 0.4) is 0 Å². The average Bonchev–Trinajstić information content (AvgIpc) is 2.85. The van der Waals surface area contributed by atoms with Crippen molar-refractivity contribution in [2.75, 3.05) is 26.4 Å². The van der Waals surface area contributed by atoms with Gasteiger partial charge in [0.1, 0.15) is 5.75 Å². The summed E-state index contributed by atoms with van der Waals surface area (Å²) in [5.74, 6) is 0.281. The third kappa shape index (κ3) is 4.25. The number of hydrogen-bond donors (Lipinski definition) is 1. The van der Waals surface area contributed by atoms with E-state index >= 15 is 0 Å². The molecule has 2 saturated heterocycles. The van der Waals surface area contributed by atoms with Gasteiger partial charge in [-0.1, -0.05) is 41.0 Å². The maximum atomic E-state index is 10.8. The summed E-state index contributed by atoms with van der Waals surface area (Å²) in [6.45, 7) is 13.1. The lowest BCUT2D eigenvalue weighted by molar-refractivity contribution is 0.0344. The average molecular weight is 366 g/mol. The molecule has 0 aromatic carbocycles. The summed E-state index contributed by atoms with van der Waals surface area (Å²) < 4.78 is 25.3. The second-order valence-corrected chi connectivity index (χ2v) is 9.73. The molecule has 0 amide bonds. The first-order valence-electron chi connectivity index (χ1n) is 9.03. The number of thiophene rings is 1. The van der Waals surface area contributed by atoms with Gasteiger partial charge in [0.05, 0.1) is 4.78 Å². The van der Waals surface area contributed by atoms with Crippen molar-refractivity contribution in [3.05, 3.63) is 5.56 Å². The van der Waals surface area contributed by atoms with Gasteiger partial charge in [0.2, 0.25) is 0 Å². The zero-order valence-electron chi connectivity index (χ0n) is 15.9. The minimum Gasteiger partial charge on any atom is -0.507 e. The fourth-order valence-corrected chi connectivity index (χ4v) is 4.27. The Hall–Kier alpha value is -0.530. The van der Waals surface area contributed by atoms with E-state index in [-0.39, 0.29) is 16.6 Å². The van der Waals surface area contributed by atoms with Crippen LogP contribution in [-0.4, -0.2) is 45.8 Å². The van der Waals surface area contributed by atoms with Crippen LogP contribution in [-0.2, 0) is 25.0 Å². The van der Waals surface area contributed by atoms with Crippen molar-refractivity contribution in [1.29, 1.82) is 0 Å². The molecule has 0 saturated carbocycles. The highest BCUT2D eigenvalue weighted by molar-refractivity contribution is 7.31. The van der Waals surface area contributed by atoms with Crippen LogP contribution in [0.5, 0.6) is 5.75 Å². The standard InChI is InChI=1S/C17H28B2O5S/c1-6-7-12-13(20)15(19-23-10-17(4,5)11-24-19)25-14(12)18-21-8-16(2,3)9-22-18/h20H,6-11H2,1-5H3. The molecule has 138 valence electrons. The molecular formula is C17H28B2O5S. The molecule has 25 heavy (non-hydrogen) atoms. The lowest BCUT2D eigenvalue weighted by Crippen LogP contribution is -2.48. The van der Waals surface area contributed by atoms with Crippen LogP contribution in [0.25, 0.3) is 0 Å². The molecule has 0 spiro atoms. The molecule has 2 fully saturated rings. The third-order valence-corrected chi connectivity index (χ3v) is 5.73. The van der Waals surface area contributed by atoms with Gasteiger partial charge in [-0.25, -0.2) is 0 Å². The molecule has 2 aliphatic rings. The van der Waals surface area contributed by atoms with E-state index < -0.39 is 14.2 Å². The monoisotopic (exact) mass is 366 g/mol. The van der Waals surface area contributed by atoms with Crippen molar-refractivity contribution in [1.82, 2.24) is 0 Å². The number of rotatable bonds is 4. The second-order valence-electron chi connectivity index (χ2n) is 8.64. The van der Waals surface area contributed by atoms with E-state index in [1.807, 2.05) is 0 Å². The zero-order valence-corrected chi connectivity index (χ0v) is 16.7. The van der Waals surface area contributed by atoms with E-state index in [1.165, 1.54) is 11.3 Å². The van der Waals surface area contributed by atoms with Crippen molar-refractivity contribution >= 4 is 35.1 Å². The highest BCUT2D eigenvalue weighted by Crippen LogP contribution is 2.28. The van der Waals surface area contributed by atoms with Crippen molar-refractivity contribution in [2.24, 2.45) is 10.8 Å². The molecule has 0 bridgehead atoms. The van der Waals surface area contributed by atoms with Gasteiger partial charge >= 0.3 is 14.2 Å². The van der Waals surface area contributed by atoms with E-state index in [0.717, 1.165) is 28.0 Å². The Bertz CT molecular complexity index is 596. The van der Waals surface area contributed by atoms with Crippen molar-refractivity contribution in [3.63, 3.8) is 0 Å². The van der Waals surface area contributed by atoms with Crippen LogP contribution in [0.15, 0.2) is 0 Å². The van der Waals surface area contributed by atoms with E-state index in [4.69, 9.17) is 18.6 Å². The number of aromatic hydroxyl groups is 1. The van der Waals surface area contributed by atoms with E-state index in [2.05, 4.69) is 34.6 Å². The lowest BCUT2D eigenvalue weighted by atomic mass is 9.77. The summed E-state index contributed by atoms with van der Waals surface area (Å²) in [5.41, 5.74) is 0.925. The Balaban J connectivity index is 1.84. The zero-order chi connectivity index (χ0) is 18.2. The number of hydrogen-bond acceptors (Lipinski definition) is 6. The highest BCUT2D eigenvalue weighted by Gasteiger charge is 2.42. The second kappa shape index (κ2) is 7.24. The van der Waals surface area contributed by atoms with Crippen LogP contribution in [0, 0.1) is 10.8 Å². The van der Waals surface area contributed by atoms with Crippen LogP contribution in [0.4, 0.5) is 0 Å². The summed E-state index contributed by atoms with van der Waals surface area (Å²) in [7, 11) is -0.929. The van der Waals surface area contributed by atoms with E-state index in [1.54, 1.807) is 0 Å². The molecular weight excluding hydrogens is 338 g/mol. The van der Waals surface area contributed by atoms with Gasteiger partial charge < -0.3 is 23.7 Å². The fraction of sp³-hybridized carbons (Fsp3) is 0.765. The quantitative estimate of drug-likeness (QED) is 0.826. The van der Waals surface area contributed by atoms with Crippen molar-refractivity contribution in [3.8, 4) is 5.75 Å². The molecule has 3 heterocycles. The first-order chi connectivity index (χ1) is 11.7. The predicted octanol–water partition coefficient (Wildman–Crippen LogP) is 1.94. The molecule has 5 nitrogen and oxygen atoms in total. The van der Waals surface area contributed by atoms with Gasteiger partial charge in [0.15, 0.2) is 0 Å². The maximum absolute atomic E-state index is 10.8. The molecule has 2 aliphatic heterocycles. The predicted molar refractivity (Wildman–Crippen MR) is 102 cm³/mol. The van der Waals surface area contributed by atoms with Gasteiger partial charge in [0, 0.05) is 47.6 Å². The normalized spacial score (nSPS) is 23.1. The Morgan fingerprint density at radius 2 is 1.32 bits per heavy atom. The molecule has 1 aromatic rings. The Kier molecular flexibility index (Phi) is 5.57. The van der Waals surface area contributed by atoms with Gasteiger partial charge in [0.25, 0.3) is 0 Å². The van der Waals surface area contributed by atoms with Crippen LogP contribution in [0.2, 0.25) is 0 Å². The Labute approximate surface area is 155 Å². The fourth-order valence-electron chi connectivity index (χ4n) is 3.02. The summed E-state index contributed by atoms with van der Waals surface area (Å²) in [6, 6.07) is 0. The Morgan fingerprint density at radius 1 is 0.880 bits per heavy atom. The highest BCUT2D eigenvalue weighted by atomic mass is 32.1. The van der Waals surface area contributed by atoms with Crippen LogP contribution in [0.1, 0.15) is 46.6 Å². The van der Waals surface area contributed by atoms with Crippen LogP contribution < -0.4 is 9.55 Å². The molecule has 0 atom stereocenters. The van der Waals surface area contributed by atoms with Gasteiger partial charge in [-0.2, -0.15) is 0 Å². The van der Waals surface area contributed by atoms with Gasteiger partial charge in [-0.05, 0) is 6.42 Å². The minimum atomic E-state index is -0.512. The maximum Gasteiger partial charge on any atom is 0.508 e. The Morgan fingerprint density at radius 3 is 1.76 bits per heavy atom. The molecule has 3 rings (SSSR count). The van der Waals surface area contributed by atoms with E-state index in [0.29, 0.717) is 26.4 Å². The molecule has 1 aromatic heterocycles. The van der Waals surface area contributed by atoms with Gasteiger partial charge in [-0.15, -0.1) is 11.3 Å². The largest absolute Gasteiger partial charge is 0.508 e. The molecule has 1 N–H and O–H groups in total. The van der Waals surface area contributed by atoms with E-state index in [9.17, 15) is 5.11 Å². The van der Waals surface area contributed by atoms with Crippen molar-refractivity contribution < 1.29 is 23.7 Å². The SMILES string of the molecule is CCCc1c(B2OCC(C)(C)CO2)sc(B2OCC(C)(C)CO2)c1O. The summed E-state index contributed by atoms with van der Waals surface area (Å²) in [4.78, 5) is 0. The smallest absolute Gasteiger partial charge is 0.507 e. The molecule has 0 unspecified atom stereocenters. The van der Waals surface area contributed by atoms with Crippen molar-refractivity contribution in [2.45, 2.75) is 47.5 Å². The molecule has 8 heteroatoms. The summed E-state index contributed by atoms with van der Waals surface area (Å²) in [6.07, 6.45) is 1.72. The molecule has 0 aliphatic carbocycles.